The maximum Gasteiger partial charge on any atom is 0.194 e. The minimum absolute atomic E-state index is 0.0772. The van der Waals surface area contributed by atoms with Gasteiger partial charge >= 0.3 is 0 Å². The van der Waals surface area contributed by atoms with Crippen molar-refractivity contribution in [1.82, 2.24) is 10.2 Å². The van der Waals surface area contributed by atoms with Crippen LogP contribution < -0.4 is 5.32 Å². The fraction of sp³-hybridized carbons (Fsp3) is 0.611. The maximum atomic E-state index is 11.3. The van der Waals surface area contributed by atoms with Gasteiger partial charge in [-0.05, 0) is 24.5 Å². The topological polar surface area (TPSA) is 71.0 Å². The van der Waals surface area contributed by atoms with E-state index in [1.807, 2.05) is 24.3 Å². The third kappa shape index (κ3) is 6.66. The van der Waals surface area contributed by atoms with Crippen molar-refractivity contribution in [2.45, 2.75) is 25.6 Å². The first-order valence-corrected chi connectivity index (χ1v) is 10.7. The lowest BCUT2D eigenvalue weighted by molar-refractivity contribution is 0.157. The van der Waals surface area contributed by atoms with E-state index in [9.17, 15) is 8.42 Å². The van der Waals surface area contributed by atoms with Gasteiger partial charge in [-0.2, -0.15) is 0 Å². The standard InChI is InChI=1S/C18H29N3O3S/c1-4-19-18(21-10-9-17(12-21)13-24-2)20-11-15-5-7-16(8-6-15)14-25(3,22)23/h5-8,17H,4,9-14H2,1-3H3,(H,19,20). The summed E-state index contributed by atoms with van der Waals surface area (Å²) >= 11 is 0. The molecule has 0 aliphatic carbocycles. The SMILES string of the molecule is CCNC(=NCc1ccc(CS(C)(=O)=O)cc1)N1CCC(COC)C1. The van der Waals surface area contributed by atoms with Crippen LogP contribution in [0.5, 0.6) is 0 Å². The number of rotatable bonds is 7. The molecule has 140 valence electrons. The van der Waals surface area contributed by atoms with Crippen LogP contribution in [-0.4, -0.2) is 58.9 Å². The molecule has 0 amide bonds. The summed E-state index contributed by atoms with van der Waals surface area (Å²) in [6.07, 6.45) is 2.37. The van der Waals surface area contributed by atoms with Crippen molar-refractivity contribution in [1.29, 1.82) is 0 Å². The van der Waals surface area contributed by atoms with Crippen LogP contribution in [0.15, 0.2) is 29.3 Å². The lowest BCUT2D eigenvalue weighted by Gasteiger charge is -2.21. The van der Waals surface area contributed by atoms with Gasteiger partial charge in [0.1, 0.15) is 0 Å². The second-order valence-electron chi connectivity index (χ2n) is 6.61. The Bertz CT molecular complexity index is 671. The largest absolute Gasteiger partial charge is 0.384 e. The van der Waals surface area contributed by atoms with Gasteiger partial charge < -0.3 is 15.0 Å². The van der Waals surface area contributed by atoms with Gasteiger partial charge in [-0.1, -0.05) is 24.3 Å². The van der Waals surface area contributed by atoms with Gasteiger partial charge in [0.05, 0.1) is 18.9 Å². The number of ether oxygens (including phenoxy) is 1. The van der Waals surface area contributed by atoms with E-state index >= 15 is 0 Å². The first kappa shape index (κ1) is 19.7. The second kappa shape index (κ2) is 9.20. The number of sulfone groups is 1. The zero-order valence-electron chi connectivity index (χ0n) is 15.4. The van der Waals surface area contributed by atoms with E-state index in [0.29, 0.717) is 12.5 Å². The van der Waals surface area contributed by atoms with Crippen LogP contribution in [0.25, 0.3) is 0 Å². The van der Waals surface area contributed by atoms with Crippen molar-refractivity contribution in [2.75, 3.05) is 39.6 Å². The molecule has 1 aromatic rings. The number of methoxy groups -OCH3 is 1. The Balaban J connectivity index is 1.99. The zero-order valence-corrected chi connectivity index (χ0v) is 16.2. The van der Waals surface area contributed by atoms with Crippen LogP contribution in [-0.2, 0) is 26.9 Å². The van der Waals surface area contributed by atoms with Gasteiger partial charge in [0, 0.05) is 38.9 Å². The van der Waals surface area contributed by atoms with E-state index in [0.717, 1.165) is 49.7 Å². The van der Waals surface area contributed by atoms with Crippen LogP contribution in [0, 0.1) is 5.92 Å². The third-order valence-electron chi connectivity index (χ3n) is 4.19. The summed E-state index contributed by atoms with van der Waals surface area (Å²) in [5, 5.41) is 3.36. The molecule has 0 saturated carbocycles. The number of nitrogens with one attached hydrogen (secondary N) is 1. The Morgan fingerprint density at radius 3 is 2.60 bits per heavy atom. The van der Waals surface area contributed by atoms with Gasteiger partial charge in [0.15, 0.2) is 15.8 Å². The average Bonchev–Trinajstić information content (AvgIpc) is 3.00. The molecule has 0 aromatic heterocycles. The zero-order chi connectivity index (χ0) is 18.3. The third-order valence-corrected chi connectivity index (χ3v) is 5.04. The number of hydrogen-bond donors (Lipinski definition) is 1. The van der Waals surface area contributed by atoms with E-state index in [1.54, 1.807) is 7.11 Å². The minimum atomic E-state index is -3.00. The number of nitrogens with zero attached hydrogens (tertiary/aromatic N) is 2. The van der Waals surface area contributed by atoms with Crippen molar-refractivity contribution < 1.29 is 13.2 Å². The summed E-state index contributed by atoms with van der Waals surface area (Å²) in [5.74, 6) is 1.57. The molecule has 1 fully saturated rings. The monoisotopic (exact) mass is 367 g/mol. The number of benzene rings is 1. The van der Waals surface area contributed by atoms with Gasteiger partial charge in [-0.25, -0.2) is 13.4 Å². The van der Waals surface area contributed by atoms with Gasteiger partial charge in [0.25, 0.3) is 0 Å². The summed E-state index contributed by atoms with van der Waals surface area (Å²) in [6, 6.07) is 7.63. The molecule has 6 nitrogen and oxygen atoms in total. The molecule has 1 saturated heterocycles. The lowest BCUT2D eigenvalue weighted by atomic mass is 10.1. The average molecular weight is 368 g/mol. The molecule has 1 atom stereocenters. The number of likely N-dealkylation sites (tertiary alicyclic amines) is 1. The number of hydrogen-bond acceptors (Lipinski definition) is 4. The summed E-state index contributed by atoms with van der Waals surface area (Å²) in [6.45, 7) is 6.22. The predicted octanol–water partition coefficient (Wildman–Crippen LogP) is 1.67. The normalized spacial score (nSPS) is 18.6. The van der Waals surface area contributed by atoms with Crippen LogP contribution in [0.2, 0.25) is 0 Å². The summed E-state index contributed by atoms with van der Waals surface area (Å²) in [4.78, 5) is 7.02. The molecule has 1 aliphatic rings. The molecule has 0 radical (unpaired) electrons. The molecule has 1 unspecified atom stereocenters. The molecular weight excluding hydrogens is 338 g/mol. The quantitative estimate of drug-likeness (QED) is 0.586. The van der Waals surface area contributed by atoms with Crippen LogP contribution in [0.4, 0.5) is 0 Å². The fourth-order valence-corrected chi connectivity index (χ4v) is 3.83. The molecule has 1 aliphatic heterocycles. The smallest absolute Gasteiger partial charge is 0.194 e. The maximum absolute atomic E-state index is 11.3. The Morgan fingerprint density at radius 2 is 2.00 bits per heavy atom. The molecule has 25 heavy (non-hydrogen) atoms. The summed E-state index contributed by atoms with van der Waals surface area (Å²) in [5.41, 5.74) is 1.88. The highest BCUT2D eigenvalue weighted by atomic mass is 32.2. The first-order valence-electron chi connectivity index (χ1n) is 8.69. The van der Waals surface area contributed by atoms with Gasteiger partial charge in [-0.15, -0.1) is 0 Å². The highest BCUT2D eigenvalue weighted by Gasteiger charge is 2.24. The molecule has 2 rings (SSSR count). The lowest BCUT2D eigenvalue weighted by Crippen LogP contribution is -2.40. The Hall–Kier alpha value is -1.60. The minimum Gasteiger partial charge on any atom is -0.384 e. The van der Waals surface area contributed by atoms with E-state index in [-0.39, 0.29) is 5.75 Å². The Morgan fingerprint density at radius 1 is 1.32 bits per heavy atom. The molecule has 1 N–H and O–H groups in total. The van der Waals surface area contributed by atoms with Gasteiger partial charge in [0.2, 0.25) is 0 Å². The van der Waals surface area contributed by atoms with Crippen molar-refractivity contribution >= 4 is 15.8 Å². The summed E-state index contributed by atoms with van der Waals surface area (Å²) in [7, 11) is -1.25. The molecule has 0 spiro atoms. The Labute approximate surface area is 151 Å². The van der Waals surface area contributed by atoms with Crippen molar-refractivity contribution in [3.8, 4) is 0 Å². The predicted molar refractivity (Wildman–Crippen MR) is 101 cm³/mol. The van der Waals surface area contributed by atoms with E-state index < -0.39 is 9.84 Å². The molecule has 1 aromatic carbocycles. The van der Waals surface area contributed by atoms with E-state index in [1.165, 1.54) is 6.26 Å². The number of aliphatic imine (C=N–C) groups is 1. The van der Waals surface area contributed by atoms with E-state index in [2.05, 4.69) is 17.1 Å². The molecule has 0 bridgehead atoms. The Kier molecular flexibility index (Phi) is 7.25. The van der Waals surface area contributed by atoms with Crippen LogP contribution >= 0.6 is 0 Å². The highest BCUT2D eigenvalue weighted by molar-refractivity contribution is 7.89. The molecule has 7 heteroatoms. The van der Waals surface area contributed by atoms with Crippen molar-refractivity contribution in [3.63, 3.8) is 0 Å². The van der Waals surface area contributed by atoms with Gasteiger partial charge in [-0.3, -0.25) is 0 Å². The van der Waals surface area contributed by atoms with Crippen molar-refractivity contribution in [3.05, 3.63) is 35.4 Å². The first-order chi connectivity index (χ1) is 11.9. The highest BCUT2D eigenvalue weighted by Crippen LogP contribution is 2.17. The second-order valence-corrected chi connectivity index (χ2v) is 8.75. The number of guanidine groups is 1. The van der Waals surface area contributed by atoms with E-state index in [4.69, 9.17) is 9.73 Å². The van der Waals surface area contributed by atoms with Crippen molar-refractivity contribution in [2.24, 2.45) is 10.9 Å². The van der Waals surface area contributed by atoms with Crippen LogP contribution in [0.3, 0.4) is 0 Å². The summed E-state index contributed by atoms with van der Waals surface area (Å²) < 4.78 is 28.0. The fourth-order valence-electron chi connectivity index (χ4n) is 3.03. The molecular formula is C18H29N3O3S. The van der Waals surface area contributed by atoms with Crippen LogP contribution in [0.1, 0.15) is 24.5 Å². The molecule has 1 heterocycles.